The fourth-order valence-electron chi connectivity index (χ4n) is 4.20. The molecule has 2 rings (SSSR count). The molecule has 0 aliphatic carbocycles. The number of carbonyl (C=O) groups excluding carboxylic acids is 3. The molecule has 0 saturated carbocycles. The van der Waals surface area contributed by atoms with Gasteiger partial charge in [-0.25, -0.2) is 4.79 Å². The fraction of sp³-hybridized carbons (Fsp3) is 0.500. The Bertz CT molecular complexity index is 1200. The first-order valence-corrected chi connectivity index (χ1v) is 14.9. The van der Waals surface area contributed by atoms with E-state index in [1.807, 2.05) is 40.0 Å². The SMILES string of the molecule is CSCCC(NC(=O)OC(C)(C)C)C(=O)N(C(C(=O)Nc1c(C)cccc1Cl)c1ccc(O)c(C)c1)C(C)(C)C. The standard InChI is InChI=1S/C30H42ClN3O5S/c1-18-11-10-12-21(31)24(18)33-26(36)25(20-13-14-23(35)19(2)17-20)34(29(3,4)5)27(37)22(15-16-40-9)32-28(38)39-30(6,7)8/h10-14,17,22,25,35H,15-16H2,1-9H3,(H,32,38)(H,33,36). The number of benzene rings is 2. The van der Waals surface area contributed by atoms with Crippen LogP contribution in [0.25, 0.3) is 0 Å². The molecular weight excluding hydrogens is 550 g/mol. The monoisotopic (exact) mass is 591 g/mol. The molecule has 8 nitrogen and oxygen atoms in total. The summed E-state index contributed by atoms with van der Waals surface area (Å²) in [4.78, 5) is 42.7. The minimum atomic E-state index is -1.11. The van der Waals surface area contributed by atoms with Gasteiger partial charge in [-0.1, -0.05) is 29.8 Å². The molecule has 0 aliphatic rings. The van der Waals surface area contributed by atoms with E-state index in [2.05, 4.69) is 10.6 Å². The number of nitrogens with zero attached hydrogens (tertiary/aromatic N) is 1. The molecule has 0 saturated heterocycles. The number of aryl methyl sites for hydroxylation is 2. The van der Waals surface area contributed by atoms with Crippen LogP contribution in [0, 0.1) is 13.8 Å². The lowest BCUT2D eigenvalue weighted by molar-refractivity contribution is -0.146. The van der Waals surface area contributed by atoms with Gasteiger partial charge in [-0.2, -0.15) is 11.8 Å². The largest absolute Gasteiger partial charge is 0.508 e. The van der Waals surface area contributed by atoms with E-state index in [0.29, 0.717) is 34.0 Å². The second-order valence-electron chi connectivity index (χ2n) is 11.7. The number of phenolic OH excluding ortho intramolecular Hbond substituents is 1. The summed E-state index contributed by atoms with van der Waals surface area (Å²) in [5, 5.41) is 16.2. The smallest absolute Gasteiger partial charge is 0.408 e. The van der Waals surface area contributed by atoms with E-state index in [1.54, 1.807) is 63.7 Å². The first kappa shape index (κ1) is 33.3. The first-order valence-electron chi connectivity index (χ1n) is 13.1. The number of nitrogens with one attached hydrogen (secondary N) is 2. The predicted molar refractivity (Wildman–Crippen MR) is 163 cm³/mol. The maximum atomic E-state index is 14.3. The Morgan fingerprint density at radius 3 is 2.23 bits per heavy atom. The van der Waals surface area contributed by atoms with E-state index < -0.39 is 41.1 Å². The van der Waals surface area contributed by atoms with Crippen molar-refractivity contribution in [1.29, 1.82) is 0 Å². The number of anilines is 1. The molecule has 2 aromatic carbocycles. The van der Waals surface area contributed by atoms with Crippen molar-refractivity contribution in [2.24, 2.45) is 0 Å². The second kappa shape index (κ2) is 13.6. The zero-order valence-electron chi connectivity index (χ0n) is 24.8. The van der Waals surface area contributed by atoms with Gasteiger partial charge in [-0.15, -0.1) is 0 Å². The summed E-state index contributed by atoms with van der Waals surface area (Å²) in [7, 11) is 0. The molecule has 2 aromatic rings. The average molecular weight is 592 g/mol. The summed E-state index contributed by atoms with van der Waals surface area (Å²) in [6.07, 6.45) is 1.53. The van der Waals surface area contributed by atoms with Crippen LogP contribution in [-0.4, -0.2) is 57.1 Å². The number of phenols is 1. The number of alkyl carbamates (subject to hydrolysis) is 1. The maximum absolute atomic E-state index is 14.3. The molecule has 2 unspecified atom stereocenters. The summed E-state index contributed by atoms with van der Waals surface area (Å²) in [5.74, 6) is -0.249. The zero-order chi connectivity index (χ0) is 30.4. The Kier molecular flexibility index (Phi) is 11.3. The number of ether oxygens (including phenoxy) is 1. The van der Waals surface area contributed by atoms with Crippen LogP contribution < -0.4 is 10.6 Å². The molecule has 220 valence electrons. The number of para-hydroxylation sites is 1. The third-order valence-corrected chi connectivity index (χ3v) is 7.03. The van der Waals surface area contributed by atoms with Crippen LogP contribution >= 0.6 is 23.4 Å². The van der Waals surface area contributed by atoms with E-state index in [4.69, 9.17) is 16.3 Å². The molecule has 0 spiro atoms. The normalized spacial score (nSPS) is 13.2. The van der Waals surface area contributed by atoms with Gasteiger partial charge in [0.05, 0.1) is 10.7 Å². The summed E-state index contributed by atoms with van der Waals surface area (Å²) in [6.45, 7) is 14.3. The molecule has 0 aliphatic heterocycles. The van der Waals surface area contributed by atoms with Crippen LogP contribution in [0.4, 0.5) is 10.5 Å². The maximum Gasteiger partial charge on any atom is 0.408 e. The highest BCUT2D eigenvalue weighted by molar-refractivity contribution is 7.98. The molecule has 0 aromatic heterocycles. The van der Waals surface area contributed by atoms with Gasteiger partial charge in [0, 0.05) is 5.54 Å². The number of amides is 3. The van der Waals surface area contributed by atoms with Crippen LogP contribution in [0.3, 0.4) is 0 Å². The topological polar surface area (TPSA) is 108 Å². The van der Waals surface area contributed by atoms with Crippen LogP contribution in [0.5, 0.6) is 5.75 Å². The van der Waals surface area contributed by atoms with Crippen molar-refractivity contribution in [3.8, 4) is 5.75 Å². The van der Waals surface area contributed by atoms with E-state index in [0.717, 1.165) is 5.56 Å². The minimum absolute atomic E-state index is 0.0722. The Morgan fingerprint density at radius 2 is 1.70 bits per heavy atom. The Morgan fingerprint density at radius 1 is 1.05 bits per heavy atom. The number of rotatable bonds is 9. The predicted octanol–water partition coefficient (Wildman–Crippen LogP) is 6.62. The number of carbonyl (C=O) groups is 3. The van der Waals surface area contributed by atoms with Gasteiger partial charge in [-0.05, 0) is 109 Å². The van der Waals surface area contributed by atoms with Crippen molar-refractivity contribution in [2.45, 2.75) is 85.0 Å². The lowest BCUT2D eigenvalue weighted by Crippen LogP contribution is -2.58. The molecular formula is C30H42ClN3O5S. The molecule has 0 fully saturated rings. The number of aromatic hydroxyl groups is 1. The Hall–Kier alpha value is -2.91. The number of thioether (sulfide) groups is 1. The van der Waals surface area contributed by atoms with Gasteiger partial charge in [0.2, 0.25) is 5.91 Å². The van der Waals surface area contributed by atoms with Crippen LogP contribution in [0.2, 0.25) is 5.02 Å². The highest BCUT2D eigenvalue weighted by atomic mass is 35.5. The van der Waals surface area contributed by atoms with Crippen LogP contribution in [0.15, 0.2) is 36.4 Å². The molecule has 0 bridgehead atoms. The van der Waals surface area contributed by atoms with Gasteiger partial charge in [0.15, 0.2) is 0 Å². The van der Waals surface area contributed by atoms with Gasteiger partial charge in [-0.3, -0.25) is 9.59 Å². The quantitative estimate of drug-likeness (QED) is 0.303. The minimum Gasteiger partial charge on any atom is -0.508 e. The van der Waals surface area contributed by atoms with Crippen molar-refractivity contribution >= 4 is 47.0 Å². The van der Waals surface area contributed by atoms with Crippen molar-refractivity contribution in [3.63, 3.8) is 0 Å². The molecule has 3 amide bonds. The van der Waals surface area contributed by atoms with Crippen molar-refractivity contribution in [2.75, 3.05) is 17.3 Å². The van der Waals surface area contributed by atoms with Crippen molar-refractivity contribution in [3.05, 3.63) is 58.1 Å². The lowest BCUT2D eigenvalue weighted by Gasteiger charge is -2.43. The average Bonchev–Trinajstić information content (AvgIpc) is 2.82. The molecule has 10 heteroatoms. The number of hydrogen-bond donors (Lipinski definition) is 3. The van der Waals surface area contributed by atoms with Gasteiger partial charge < -0.3 is 25.4 Å². The first-order chi connectivity index (χ1) is 18.5. The number of hydrogen-bond acceptors (Lipinski definition) is 6. The van der Waals surface area contributed by atoms with Crippen LogP contribution in [-0.2, 0) is 14.3 Å². The summed E-state index contributed by atoms with van der Waals surface area (Å²) in [6, 6.07) is 8.05. The van der Waals surface area contributed by atoms with Crippen molar-refractivity contribution in [1.82, 2.24) is 10.2 Å². The molecule has 2 atom stereocenters. The number of halogens is 1. The molecule has 0 radical (unpaired) electrons. The highest BCUT2D eigenvalue weighted by Gasteiger charge is 2.42. The van der Waals surface area contributed by atoms with Gasteiger partial charge >= 0.3 is 6.09 Å². The second-order valence-corrected chi connectivity index (χ2v) is 13.1. The Labute approximate surface area is 247 Å². The fourth-order valence-corrected chi connectivity index (χ4v) is 4.94. The third kappa shape index (κ3) is 9.06. The lowest BCUT2D eigenvalue weighted by atomic mass is 9.94. The van der Waals surface area contributed by atoms with E-state index in [1.165, 1.54) is 11.0 Å². The van der Waals surface area contributed by atoms with Gasteiger partial charge in [0.25, 0.3) is 5.91 Å². The summed E-state index contributed by atoms with van der Waals surface area (Å²) >= 11 is 7.97. The van der Waals surface area contributed by atoms with E-state index in [-0.39, 0.29) is 5.75 Å². The summed E-state index contributed by atoms with van der Waals surface area (Å²) < 4.78 is 5.44. The summed E-state index contributed by atoms with van der Waals surface area (Å²) in [5.41, 5.74) is 0.659. The highest BCUT2D eigenvalue weighted by Crippen LogP contribution is 2.34. The Balaban J connectivity index is 2.65. The van der Waals surface area contributed by atoms with Crippen molar-refractivity contribution < 1.29 is 24.2 Å². The molecule has 40 heavy (non-hydrogen) atoms. The molecule has 3 N–H and O–H groups in total. The zero-order valence-corrected chi connectivity index (χ0v) is 26.4. The van der Waals surface area contributed by atoms with E-state index in [9.17, 15) is 19.5 Å². The molecule has 0 heterocycles. The van der Waals surface area contributed by atoms with Crippen LogP contribution in [0.1, 0.15) is 70.7 Å². The third-order valence-electron chi connectivity index (χ3n) is 6.07. The van der Waals surface area contributed by atoms with E-state index >= 15 is 0 Å². The van der Waals surface area contributed by atoms with Gasteiger partial charge in [0.1, 0.15) is 23.4 Å².